The molecule has 1 amide bonds. The van der Waals surface area contributed by atoms with Gasteiger partial charge >= 0.3 is 5.97 Å². The van der Waals surface area contributed by atoms with Crippen LogP contribution in [0.4, 0.5) is 0 Å². The Labute approximate surface area is 121 Å². The summed E-state index contributed by atoms with van der Waals surface area (Å²) in [5, 5.41) is 9.86. The number of nitrogens with two attached hydrogens (primary N) is 1. The normalized spacial score (nSPS) is 18.1. The molecule has 0 aromatic heterocycles. The summed E-state index contributed by atoms with van der Waals surface area (Å²) in [5.41, 5.74) is 5.58. The van der Waals surface area contributed by atoms with Crippen LogP contribution in [0.3, 0.4) is 0 Å². The molecule has 0 aromatic rings. The summed E-state index contributed by atoms with van der Waals surface area (Å²) in [6, 6.07) is -1.03. The SMILES string of the molecule is CCOC(=O)C(NC(=O)C1CCOCC1)/C(C=N)=C/N.[HH].[HH]. The summed E-state index contributed by atoms with van der Waals surface area (Å²) < 4.78 is 10.1. The molecule has 1 rings (SSSR count). The number of hydrogen-bond acceptors (Lipinski definition) is 6. The van der Waals surface area contributed by atoms with Crippen molar-refractivity contribution >= 4 is 18.1 Å². The van der Waals surface area contributed by atoms with Crippen molar-refractivity contribution in [3.8, 4) is 0 Å². The number of amides is 1. The third-order valence-electron chi connectivity index (χ3n) is 3.09. The maximum Gasteiger partial charge on any atom is 0.333 e. The third-order valence-corrected chi connectivity index (χ3v) is 3.09. The van der Waals surface area contributed by atoms with E-state index in [9.17, 15) is 9.59 Å². The van der Waals surface area contributed by atoms with Gasteiger partial charge in [-0.15, -0.1) is 0 Å². The van der Waals surface area contributed by atoms with Crippen molar-refractivity contribution in [1.29, 1.82) is 5.41 Å². The standard InChI is InChI=1S/C13H21N3O4.2H2/c1-2-20-13(18)11(10(7-14)8-15)16-12(17)9-3-5-19-6-4-9;;/h7-9,11,14H,2-6,15H2,1H3,(H,16,17);2*1H/b10-8+,14-7?;;. The van der Waals surface area contributed by atoms with Gasteiger partial charge in [0.25, 0.3) is 0 Å². The van der Waals surface area contributed by atoms with Crippen molar-refractivity contribution in [3.05, 3.63) is 11.8 Å². The first-order valence-corrected chi connectivity index (χ1v) is 6.61. The zero-order valence-corrected chi connectivity index (χ0v) is 11.6. The van der Waals surface area contributed by atoms with E-state index in [1.165, 1.54) is 0 Å². The van der Waals surface area contributed by atoms with Gasteiger partial charge in [-0.1, -0.05) is 0 Å². The number of esters is 1. The molecule has 116 valence electrons. The van der Waals surface area contributed by atoms with Crippen LogP contribution in [0.1, 0.15) is 22.6 Å². The molecule has 7 heteroatoms. The minimum atomic E-state index is -1.03. The second kappa shape index (κ2) is 8.31. The van der Waals surface area contributed by atoms with E-state index in [1.54, 1.807) is 6.92 Å². The van der Waals surface area contributed by atoms with Crippen LogP contribution in [0.2, 0.25) is 0 Å². The van der Waals surface area contributed by atoms with E-state index in [1.807, 2.05) is 0 Å². The van der Waals surface area contributed by atoms with E-state index in [0.717, 1.165) is 12.4 Å². The Hall–Kier alpha value is -1.89. The number of nitrogens with one attached hydrogen (secondary N) is 2. The van der Waals surface area contributed by atoms with E-state index in [-0.39, 0.29) is 26.9 Å². The Morgan fingerprint density at radius 1 is 1.55 bits per heavy atom. The van der Waals surface area contributed by atoms with Gasteiger partial charge in [0, 0.05) is 40.0 Å². The maximum absolute atomic E-state index is 12.1. The quantitative estimate of drug-likeness (QED) is 0.484. The molecule has 1 aliphatic heterocycles. The number of carbonyl (C=O) groups excluding carboxylic acids is 2. The van der Waals surface area contributed by atoms with Gasteiger partial charge in [0.15, 0.2) is 6.04 Å². The highest BCUT2D eigenvalue weighted by atomic mass is 16.5. The molecule has 7 nitrogen and oxygen atoms in total. The zero-order chi connectivity index (χ0) is 15.0. The minimum absolute atomic E-state index is 0. The predicted octanol–water partition coefficient (Wildman–Crippen LogP) is 0.445. The molecule has 0 radical (unpaired) electrons. The van der Waals surface area contributed by atoms with Crippen LogP contribution in [-0.2, 0) is 19.1 Å². The van der Waals surface area contributed by atoms with Crippen molar-refractivity contribution in [2.24, 2.45) is 11.7 Å². The van der Waals surface area contributed by atoms with Crippen LogP contribution in [0, 0.1) is 11.3 Å². The molecule has 1 aliphatic rings. The smallest absolute Gasteiger partial charge is 0.333 e. The molecule has 1 fully saturated rings. The predicted molar refractivity (Wildman–Crippen MR) is 77.4 cm³/mol. The van der Waals surface area contributed by atoms with Gasteiger partial charge in [0.1, 0.15) is 0 Å². The Morgan fingerprint density at radius 2 is 2.20 bits per heavy atom. The van der Waals surface area contributed by atoms with Gasteiger partial charge in [-0.2, -0.15) is 0 Å². The molecule has 1 unspecified atom stereocenters. The highest BCUT2D eigenvalue weighted by Crippen LogP contribution is 2.15. The van der Waals surface area contributed by atoms with E-state index in [2.05, 4.69) is 5.32 Å². The molecule has 0 bridgehead atoms. The monoisotopic (exact) mass is 287 g/mol. The van der Waals surface area contributed by atoms with Crippen LogP contribution < -0.4 is 11.1 Å². The largest absolute Gasteiger partial charge is 0.464 e. The van der Waals surface area contributed by atoms with Gasteiger partial charge in [0.05, 0.1) is 6.61 Å². The molecule has 20 heavy (non-hydrogen) atoms. The Morgan fingerprint density at radius 3 is 2.70 bits per heavy atom. The Bertz CT molecular complexity index is 399. The van der Waals surface area contributed by atoms with Gasteiger partial charge in [-0.25, -0.2) is 4.79 Å². The lowest BCUT2D eigenvalue weighted by Gasteiger charge is -2.24. The summed E-state index contributed by atoms with van der Waals surface area (Å²) in [6.07, 6.45) is 3.30. The average molecular weight is 287 g/mol. The first-order chi connectivity index (χ1) is 9.63. The minimum Gasteiger partial charge on any atom is -0.464 e. The van der Waals surface area contributed by atoms with Crippen molar-refractivity contribution in [2.75, 3.05) is 19.8 Å². The first kappa shape index (κ1) is 16.2. The fourth-order valence-corrected chi connectivity index (χ4v) is 1.95. The molecule has 0 aliphatic carbocycles. The lowest BCUT2D eigenvalue weighted by molar-refractivity contribution is -0.146. The summed E-state index contributed by atoms with van der Waals surface area (Å²) in [7, 11) is 0. The highest BCUT2D eigenvalue weighted by Gasteiger charge is 2.29. The fraction of sp³-hybridized carbons (Fsp3) is 0.615. The maximum atomic E-state index is 12.1. The lowest BCUT2D eigenvalue weighted by atomic mass is 9.98. The van der Waals surface area contributed by atoms with Crippen molar-refractivity contribution < 1.29 is 21.9 Å². The molecule has 1 heterocycles. The molecule has 1 atom stereocenters. The van der Waals surface area contributed by atoms with Gasteiger partial charge in [-0.3, -0.25) is 4.79 Å². The van der Waals surface area contributed by atoms with Crippen LogP contribution in [-0.4, -0.2) is 44.0 Å². The Kier molecular flexibility index (Phi) is 6.72. The second-order valence-corrected chi connectivity index (χ2v) is 4.39. The van der Waals surface area contributed by atoms with Crippen LogP contribution in [0.5, 0.6) is 0 Å². The van der Waals surface area contributed by atoms with E-state index in [0.29, 0.717) is 26.1 Å². The summed E-state index contributed by atoms with van der Waals surface area (Å²) >= 11 is 0. The molecule has 0 spiro atoms. The topological polar surface area (TPSA) is 114 Å². The van der Waals surface area contributed by atoms with E-state index < -0.39 is 12.0 Å². The Balaban J connectivity index is 0. The van der Waals surface area contributed by atoms with E-state index >= 15 is 0 Å². The zero-order valence-electron chi connectivity index (χ0n) is 11.6. The first-order valence-electron chi connectivity index (χ1n) is 6.61. The molecular formula is C13H25N3O4. The van der Waals surface area contributed by atoms with E-state index in [4.69, 9.17) is 20.6 Å². The molecule has 0 saturated carbocycles. The van der Waals surface area contributed by atoms with Crippen molar-refractivity contribution in [2.45, 2.75) is 25.8 Å². The highest BCUT2D eigenvalue weighted by molar-refractivity contribution is 5.95. The van der Waals surface area contributed by atoms with Gasteiger partial charge < -0.3 is 25.9 Å². The molecule has 1 saturated heterocycles. The number of rotatable bonds is 6. The summed E-state index contributed by atoms with van der Waals surface area (Å²) in [6.45, 7) is 2.93. The number of ether oxygens (including phenoxy) is 2. The molecular weight excluding hydrogens is 262 g/mol. The van der Waals surface area contributed by atoms with Gasteiger partial charge in [0.2, 0.25) is 5.91 Å². The second-order valence-electron chi connectivity index (χ2n) is 4.39. The van der Waals surface area contributed by atoms with Crippen molar-refractivity contribution in [1.82, 2.24) is 5.32 Å². The lowest BCUT2D eigenvalue weighted by Crippen LogP contribution is -2.47. The molecule has 4 N–H and O–H groups in total. The average Bonchev–Trinajstić information content (AvgIpc) is 2.48. The fourth-order valence-electron chi connectivity index (χ4n) is 1.95. The molecule has 0 aromatic carbocycles. The van der Waals surface area contributed by atoms with Crippen molar-refractivity contribution in [3.63, 3.8) is 0 Å². The van der Waals surface area contributed by atoms with Crippen LogP contribution in [0.15, 0.2) is 11.8 Å². The third kappa shape index (κ3) is 4.34. The van der Waals surface area contributed by atoms with Gasteiger partial charge in [-0.05, 0) is 19.8 Å². The summed E-state index contributed by atoms with van der Waals surface area (Å²) in [5.74, 6) is -1.05. The van der Waals surface area contributed by atoms with Crippen LogP contribution >= 0.6 is 0 Å². The number of hydrogen-bond donors (Lipinski definition) is 3. The summed E-state index contributed by atoms with van der Waals surface area (Å²) in [4.78, 5) is 24.0. The van der Waals surface area contributed by atoms with Crippen LogP contribution in [0.25, 0.3) is 0 Å². The number of carbonyl (C=O) groups is 2.